The van der Waals surface area contributed by atoms with Gasteiger partial charge in [0.15, 0.2) is 0 Å². The maximum atomic E-state index is 12.5. The topological polar surface area (TPSA) is 145 Å². The van der Waals surface area contributed by atoms with Gasteiger partial charge < -0.3 is 31.2 Å². The van der Waals surface area contributed by atoms with E-state index >= 15 is 0 Å². The second-order valence-corrected chi connectivity index (χ2v) is 11.8. The zero-order valence-electron chi connectivity index (χ0n) is 24.0. The number of hydrogen-bond donors (Lipinski definition) is 4. The Labute approximate surface area is 251 Å². The number of aromatic hydroxyl groups is 1. The van der Waals surface area contributed by atoms with Crippen LogP contribution in [0.5, 0.6) is 5.75 Å². The van der Waals surface area contributed by atoms with Crippen LogP contribution in [0.2, 0.25) is 0 Å². The van der Waals surface area contributed by atoms with Gasteiger partial charge in [-0.3, -0.25) is 0 Å². The highest BCUT2D eigenvalue weighted by atomic mass is 79.9. The van der Waals surface area contributed by atoms with Gasteiger partial charge in [-0.15, -0.1) is 0 Å². The zero-order chi connectivity index (χ0) is 30.6. The monoisotopic (exact) mass is 628 g/mol. The van der Waals surface area contributed by atoms with Crippen LogP contribution < -0.4 is 11.5 Å². The van der Waals surface area contributed by atoms with Crippen molar-refractivity contribution in [2.75, 3.05) is 0 Å². The molecule has 6 atom stereocenters. The van der Waals surface area contributed by atoms with Crippen molar-refractivity contribution >= 4 is 28.0 Å². The maximum absolute atomic E-state index is 12.5. The first-order chi connectivity index (χ1) is 19.3. The maximum Gasteiger partial charge on any atom is 0.404 e. The van der Waals surface area contributed by atoms with Crippen LogP contribution in [-0.4, -0.2) is 40.5 Å². The first-order valence-electron chi connectivity index (χ1n) is 13.6. The molecule has 1 aromatic rings. The Morgan fingerprint density at radius 2 is 1.93 bits per heavy atom. The number of carbonyl (C=O) groups excluding carboxylic acids is 2. The highest BCUT2D eigenvalue weighted by Gasteiger charge is 2.28. The molecule has 1 amide bonds. The Balaban J connectivity index is 2.15. The van der Waals surface area contributed by atoms with Crippen LogP contribution in [0.15, 0.2) is 71.3 Å². The van der Waals surface area contributed by atoms with Gasteiger partial charge >= 0.3 is 12.1 Å². The summed E-state index contributed by atoms with van der Waals surface area (Å²) in [4.78, 5) is 23.8. The fourth-order valence-corrected chi connectivity index (χ4v) is 4.86. The summed E-state index contributed by atoms with van der Waals surface area (Å²) < 4.78 is 11.4. The number of aliphatic hydroxyl groups is 1. The number of phenolic OH excluding ortho intramolecular Hbond substituents is 1. The average molecular weight is 630 g/mol. The molecule has 6 N–H and O–H groups in total. The molecule has 1 aromatic carbocycles. The summed E-state index contributed by atoms with van der Waals surface area (Å²) in [7, 11) is 0. The number of cyclic esters (lactones) is 1. The number of benzene rings is 1. The van der Waals surface area contributed by atoms with E-state index in [-0.39, 0.29) is 23.7 Å². The van der Waals surface area contributed by atoms with E-state index in [4.69, 9.17) is 20.9 Å². The predicted molar refractivity (Wildman–Crippen MR) is 163 cm³/mol. The highest BCUT2D eigenvalue weighted by Crippen LogP contribution is 2.40. The standard InChI is InChI=1S/C32H41BrN2O6/c1-21-11-9-15-28(37)41-27(25(34)17-16-22(2)20-23(19-21)40-31(35)39)14-7-5-6-8-18-32(3,4)30(38)24-12-10-13-26(36)29(24)33/h7-10,12-18,21-23,25,27,30,36,38H,11,19-20,34H2,1-4H3,(H2,35,39)/b14-7+,15-9-,17-16+,18-8+/t21-,22+,23-,25+,27-,30-/m1/s1. The molecule has 41 heavy (non-hydrogen) atoms. The number of primary amides is 1. The Hall–Kier alpha value is -3.32. The van der Waals surface area contributed by atoms with Gasteiger partial charge in [0.25, 0.3) is 0 Å². The van der Waals surface area contributed by atoms with Gasteiger partial charge in [-0.25, -0.2) is 9.59 Å². The van der Waals surface area contributed by atoms with Crippen molar-refractivity contribution in [3.05, 3.63) is 76.8 Å². The van der Waals surface area contributed by atoms with E-state index in [9.17, 15) is 19.8 Å². The minimum absolute atomic E-state index is 0.0422. The normalized spacial score (nSPS) is 26.8. The number of nitrogens with two attached hydrogens (primary N) is 2. The molecule has 222 valence electrons. The van der Waals surface area contributed by atoms with Crippen molar-refractivity contribution in [3.8, 4) is 17.6 Å². The molecule has 1 heterocycles. The molecule has 0 saturated carbocycles. The van der Waals surface area contributed by atoms with Crippen molar-refractivity contribution < 1.29 is 29.3 Å². The molecule has 0 spiro atoms. The van der Waals surface area contributed by atoms with Gasteiger partial charge in [0, 0.05) is 11.5 Å². The van der Waals surface area contributed by atoms with Gasteiger partial charge in [0.2, 0.25) is 0 Å². The summed E-state index contributed by atoms with van der Waals surface area (Å²) in [6.07, 6.45) is 12.4. The second kappa shape index (κ2) is 16.2. The van der Waals surface area contributed by atoms with Crippen LogP contribution in [0.25, 0.3) is 0 Å². The van der Waals surface area contributed by atoms with E-state index in [2.05, 4.69) is 27.8 Å². The number of ether oxygens (including phenoxy) is 2. The molecule has 0 unspecified atom stereocenters. The fraction of sp³-hybridized carbons (Fsp3) is 0.438. The Bertz CT molecular complexity index is 1230. The number of amides is 1. The van der Waals surface area contributed by atoms with Crippen molar-refractivity contribution in [2.24, 2.45) is 28.7 Å². The molecule has 0 bridgehead atoms. The van der Waals surface area contributed by atoms with E-state index in [1.165, 1.54) is 6.08 Å². The number of allylic oxidation sites excluding steroid dienone is 4. The van der Waals surface area contributed by atoms with Gasteiger partial charge in [-0.05, 0) is 76.9 Å². The Morgan fingerprint density at radius 3 is 2.63 bits per heavy atom. The number of rotatable bonds is 5. The van der Waals surface area contributed by atoms with Gasteiger partial charge in [-0.2, -0.15) is 0 Å². The van der Waals surface area contributed by atoms with Crippen LogP contribution in [0.1, 0.15) is 58.6 Å². The summed E-state index contributed by atoms with van der Waals surface area (Å²) in [5.74, 6) is 5.53. The molecule has 1 aliphatic rings. The highest BCUT2D eigenvalue weighted by molar-refractivity contribution is 9.10. The lowest BCUT2D eigenvalue weighted by atomic mass is 9.82. The molecule has 8 nitrogen and oxygen atoms in total. The Kier molecular flexibility index (Phi) is 13.4. The number of halogens is 1. The largest absolute Gasteiger partial charge is 0.507 e. The minimum atomic E-state index is -0.887. The van der Waals surface area contributed by atoms with Crippen LogP contribution in [0, 0.1) is 29.1 Å². The van der Waals surface area contributed by atoms with Crippen LogP contribution in [0.3, 0.4) is 0 Å². The van der Waals surface area contributed by atoms with E-state index in [1.54, 1.807) is 54.7 Å². The third kappa shape index (κ3) is 11.6. The van der Waals surface area contributed by atoms with Crippen LogP contribution in [-0.2, 0) is 14.3 Å². The molecule has 0 aliphatic carbocycles. The average Bonchev–Trinajstić information content (AvgIpc) is 2.88. The molecule has 2 rings (SSSR count). The number of carbonyl (C=O) groups is 2. The first-order valence-corrected chi connectivity index (χ1v) is 14.4. The third-order valence-electron chi connectivity index (χ3n) is 6.72. The third-order valence-corrected chi connectivity index (χ3v) is 7.59. The zero-order valence-corrected chi connectivity index (χ0v) is 25.6. The number of hydrogen-bond acceptors (Lipinski definition) is 7. The molecule has 0 radical (unpaired) electrons. The van der Waals surface area contributed by atoms with E-state index < -0.39 is 35.7 Å². The quantitative estimate of drug-likeness (QED) is 0.189. The molecular formula is C32H41BrN2O6. The number of aliphatic hydroxyl groups excluding tert-OH is 1. The number of esters is 1. The van der Waals surface area contributed by atoms with Crippen molar-refractivity contribution in [1.29, 1.82) is 0 Å². The lowest BCUT2D eigenvalue weighted by molar-refractivity contribution is -0.141. The summed E-state index contributed by atoms with van der Waals surface area (Å²) in [6.45, 7) is 7.73. The fourth-order valence-electron chi connectivity index (χ4n) is 4.37. The van der Waals surface area contributed by atoms with Gasteiger partial charge in [-0.1, -0.05) is 76.0 Å². The second-order valence-electron chi connectivity index (χ2n) is 11.0. The van der Waals surface area contributed by atoms with E-state index in [0.717, 1.165) is 0 Å². The summed E-state index contributed by atoms with van der Waals surface area (Å²) in [6, 6.07) is 4.33. The summed E-state index contributed by atoms with van der Waals surface area (Å²) in [5.41, 5.74) is 11.5. The molecular weight excluding hydrogens is 588 g/mol. The van der Waals surface area contributed by atoms with Gasteiger partial charge in [0.05, 0.1) is 16.6 Å². The van der Waals surface area contributed by atoms with Crippen molar-refractivity contribution in [1.82, 2.24) is 0 Å². The van der Waals surface area contributed by atoms with E-state index in [1.807, 2.05) is 33.8 Å². The molecule has 0 saturated heterocycles. The van der Waals surface area contributed by atoms with Crippen LogP contribution in [0.4, 0.5) is 4.79 Å². The molecule has 0 aromatic heterocycles. The van der Waals surface area contributed by atoms with Crippen molar-refractivity contribution in [2.45, 2.75) is 71.3 Å². The SMILES string of the molecule is C[C@@H]1C/C=C\C(=O)O[C@H](/C=C/C#C/C=C/C(C)(C)[C@H](O)c2cccc(O)c2Br)[C@@H](N)/C=C/[C@H](C)C[C@H](OC(N)=O)C1. The van der Waals surface area contributed by atoms with Crippen LogP contribution >= 0.6 is 15.9 Å². The smallest absolute Gasteiger partial charge is 0.404 e. The van der Waals surface area contributed by atoms with E-state index in [0.29, 0.717) is 29.3 Å². The lowest BCUT2D eigenvalue weighted by Crippen LogP contribution is -2.35. The minimum Gasteiger partial charge on any atom is -0.507 e. The first kappa shape index (κ1) is 33.9. The summed E-state index contributed by atoms with van der Waals surface area (Å²) in [5, 5.41) is 20.8. The number of phenols is 1. The molecule has 1 aliphatic heterocycles. The predicted octanol–water partition coefficient (Wildman–Crippen LogP) is 5.60. The Morgan fingerprint density at radius 1 is 1.22 bits per heavy atom. The van der Waals surface area contributed by atoms with Gasteiger partial charge in [0.1, 0.15) is 18.0 Å². The lowest BCUT2D eigenvalue weighted by Gasteiger charge is -2.28. The van der Waals surface area contributed by atoms with Crippen molar-refractivity contribution in [3.63, 3.8) is 0 Å². The molecule has 0 fully saturated rings. The summed E-state index contributed by atoms with van der Waals surface area (Å²) >= 11 is 3.33. The molecule has 9 heteroatoms.